The second-order valence-electron chi connectivity index (χ2n) is 6.50. The molecule has 0 aliphatic heterocycles. The van der Waals surface area contributed by atoms with Crippen LogP contribution in [0.25, 0.3) is 26.9 Å². The van der Waals surface area contributed by atoms with Gasteiger partial charge in [-0.2, -0.15) is 0 Å². The van der Waals surface area contributed by atoms with Crippen molar-refractivity contribution < 1.29 is 14.6 Å². The zero-order valence-electron chi connectivity index (χ0n) is 15.4. The van der Waals surface area contributed by atoms with Gasteiger partial charge in [-0.25, -0.2) is 9.64 Å². The molecule has 0 atom stereocenters. The second-order valence-corrected chi connectivity index (χ2v) is 6.50. The predicted octanol–water partition coefficient (Wildman–Crippen LogP) is 5.73. The highest BCUT2D eigenvalue weighted by Gasteiger charge is 2.10. The van der Waals surface area contributed by atoms with Gasteiger partial charge in [0.15, 0.2) is 0 Å². The summed E-state index contributed by atoms with van der Waals surface area (Å²) in [6.45, 7) is 7.82. The fourth-order valence-electron chi connectivity index (χ4n) is 3.10. The van der Waals surface area contributed by atoms with E-state index >= 15 is 0 Å². The lowest BCUT2D eigenvalue weighted by Crippen LogP contribution is -1.98. The molecule has 0 unspecified atom stereocenters. The van der Waals surface area contributed by atoms with Gasteiger partial charge < -0.3 is 9.84 Å². The van der Waals surface area contributed by atoms with Gasteiger partial charge in [-0.15, -0.1) is 0 Å². The number of nitrogens with zero attached hydrogens (tertiary/aromatic N) is 2. The first-order valence-corrected chi connectivity index (χ1v) is 8.96. The van der Waals surface area contributed by atoms with Crippen molar-refractivity contribution in [3.8, 4) is 17.0 Å². The van der Waals surface area contributed by atoms with Crippen LogP contribution < -0.4 is 4.74 Å². The normalized spacial score (nSPS) is 10.4. The zero-order valence-corrected chi connectivity index (χ0v) is 15.4. The van der Waals surface area contributed by atoms with E-state index in [0.29, 0.717) is 29.3 Å². The minimum absolute atomic E-state index is 0.149. The largest absolute Gasteiger partial charge is 0.500 e. The summed E-state index contributed by atoms with van der Waals surface area (Å²) in [5.41, 5.74) is 2.68. The van der Waals surface area contributed by atoms with Crippen molar-refractivity contribution in [1.82, 2.24) is 4.98 Å². The first kappa shape index (κ1) is 18.2. The highest BCUT2D eigenvalue weighted by atomic mass is 16.5. The molecule has 1 heterocycles. The van der Waals surface area contributed by atoms with Gasteiger partial charge in [0.2, 0.25) is 5.69 Å². The van der Waals surface area contributed by atoms with Crippen LogP contribution in [-0.2, 0) is 6.61 Å². The molecule has 1 aromatic heterocycles. The molecular weight excluding hydrogens is 364 g/mol. The molecule has 0 saturated carbocycles. The molecule has 140 valence electrons. The molecule has 5 heteroatoms. The lowest BCUT2D eigenvalue weighted by Gasteiger charge is -2.11. The van der Waals surface area contributed by atoms with E-state index in [9.17, 15) is 4.79 Å². The Labute approximate surface area is 167 Å². The van der Waals surface area contributed by atoms with Crippen LogP contribution in [-0.4, -0.2) is 16.1 Å². The molecule has 4 rings (SSSR count). The smallest absolute Gasteiger partial charge is 0.335 e. The summed E-state index contributed by atoms with van der Waals surface area (Å²) >= 11 is 0. The Bertz CT molecular complexity index is 1260. The number of benzene rings is 3. The fourth-order valence-corrected chi connectivity index (χ4v) is 3.10. The van der Waals surface area contributed by atoms with E-state index in [2.05, 4.69) is 28.0 Å². The Hall–Kier alpha value is -4.17. The van der Waals surface area contributed by atoms with Crippen LogP contribution >= 0.6 is 0 Å². The number of carbonyl (C=O) groups is 1. The Morgan fingerprint density at radius 1 is 1.00 bits per heavy atom. The summed E-state index contributed by atoms with van der Waals surface area (Å²) in [6.07, 6.45) is 1.44. The maximum Gasteiger partial charge on any atom is 0.335 e. The van der Waals surface area contributed by atoms with Gasteiger partial charge in [-0.05, 0) is 52.2 Å². The van der Waals surface area contributed by atoms with E-state index in [0.717, 1.165) is 10.9 Å². The predicted molar refractivity (Wildman–Crippen MR) is 111 cm³/mol. The van der Waals surface area contributed by atoms with Gasteiger partial charge >= 0.3 is 5.97 Å². The third-order valence-electron chi connectivity index (χ3n) is 4.59. The summed E-state index contributed by atoms with van der Waals surface area (Å²) in [7, 11) is 0. The number of hydrogen-bond acceptors (Lipinski definition) is 3. The molecule has 29 heavy (non-hydrogen) atoms. The standard InChI is InChI=1S/C24H16N2O3/c1-25-22-13-19(21-14-20(24(27)28)10-11-26-21)8-9-23(22)29-15-16-6-7-17-4-2-3-5-18(17)12-16/h2-14H,15H2,(H,27,28). The number of ether oxygens (including phenoxy) is 1. The molecule has 5 nitrogen and oxygen atoms in total. The van der Waals surface area contributed by atoms with Crippen LogP contribution in [0.2, 0.25) is 0 Å². The molecule has 0 spiro atoms. The van der Waals surface area contributed by atoms with Crippen LogP contribution in [0.1, 0.15) is 15.9 Å². The maximum atomic E-state index is 11.2. The monoisotopic (exact) mass is 380 g/mol. The van der Waals surface area contributed by atoms with Crippen molar-refractivity contribution in [2.45, 2.75) is 6.61 Å². The highest BCUT2D eigenvalue weighted by Crippen LogP contribution is 2.33. The van der Waals surface area contributed by atoms with Gasteiger partial charge in [0.05, 0.1) is 17.8 Å². The zero-order chi connectivity index (χ0) is 20.2. The van der Waals surface area contributed by atoms with E-state index in [1.807, 2.05) is 24.3 Å². The van der Waals surface area contributed by atoms with Crippen molar-refractivity contribution in [3.63, 3.8) is 0 Å². The van der Waals surface area contributed by atoms with Crippen LogP contribution in [0.3, 0.4) is 0 Å². The van der Waals surface area contributed by atoms with Crippen LogP contribution in [0.5, 0.6) is 5.75 Å². The molecule has 0 fully saturated rings. The molecule has 0 amide bonds. The molecule has 0 radical (unpaired) electrons. The quantitative estimate of drug-likeness (QED) is 0.449. The third-order valence-corrected chi connectivity index (χ3v) is 4.59. The number of aromatic nitrogens is 1. The van der Waals surface area contributed by atoms with E-state index in [1.54, 1.807) is 18.2 Å². The molecule has 0 aliphatic rings. The van der Waals surface area contributed by atoms with Gasteiger partial charge in [0, 0.05) is 6.20 Å². The third kappa shape index (κ3) is 3.92. The summed E-state index contributed by atoms with van der Waals surface area (Å²) in [4.78, 5) is 18.9. The van der Waals surface area contributed by atoms with Crippen molar-refractivity contribution in [1.29, 1.82) is 0 Å². The summed E-state index contributed by atoms with van der Waals surface area (Å²) in [6, 6.07) is 22.3. The van der Waals surface area contributed by atoms with E-state index in [-0.39, 0.29) is 5.56 Å². The summed E-state index contributed by atoms with van der Waals surface area (Å²) < 4.78 is 5.89. The highest BCUT2D eigenvalue weighted by molar-refractivity contribution is 5.89. The van der Waals surface area contributed by atoms with E-state index < -0.39 is 5.97 Å². The number of pyridine rings is 1. The maximum absolute atomic E-state index is 11.2. The van der Waals surface area contributed by atoms with Crippen molar-refractivity contribution in [3.05, 3.63) is 102 Å². The topological polar surface area (TPSA) is 63.8 Å². The first-order valence-electron chi connectivity index (χ1n) is 8.96. The number of rotatable bonds is 5. The molecule has 3 aromatic carbocycles. The van der Waals surface area contributed by atoms with Gasteiger partial charge in [0.1, 0.15) is 12.4 Å². The summed E-state index contributed by atoms with van der Waals surface area (Å²) in [5.74, 6) is -0.541. The molecule has 1 N–H and O–H groups in total. The lowest BCUT2D eigenvalue weighted by atomic mass is 10.1. The Morgan fingerprint density at radius 2 is 1.83 bits per heavy atom. The SMILES string of the molecule is [C-]#[N+]c1cc(-c2cc(C(=O)O)ccn2)ccc1OCc1ccc2ccccc2c1. The lowest BCUT2D eigenvalue weighted by molar-refractivity contribution is 0.0697. The Balaban J connectivity index is 1.57. The molecule has 4 aromatic rings. The minimum Gasteiger partial charge on any atom is -0.500 e. The Kier molecular flexibility index (Phi) is 4.91. The second kappa shape index (κ2) is 7.83. The van der Waals surface area contributed by atoms with Crippen molar-refractivity contribution in [2.75, 3.05) is 0 Å². The minimum atomic E-state index is -1.02. The average molecular weight is 380 g/mol. The number of hydrogen-bond donors (Lipinski definition) is 1. The molecule has 0 aliphatic carbocycles. The van der Waals surface area contributed by atoms with Gasteiger partial charge in [0.25, 0.3) is 0 Å². The molecule has 0 bridgehead atoms. The van der Waals surface area contributed by atoms with Crippen molar-refractivity contribution in [2.24, 2.45) is 0 Å². The van der Waals surface area contributed by atoms with Crippen LogP contribution in [0.15, 0.2) is 79.0 Å². The molecular formula is C24H16N2O3. The fraction of sp³-hybridized carbons (Fsp3) is 0.0417. The van der Waals surface area contributed by atoms with Crippen LogP contribution in [0, 0.1) is 6.57 Å². The Morgan fingerprint density at radius 3 is 2.62 bits per heavy atom. The van der Waals surface area contributed by atoms with Gasteiger partial charge in [-0.1, -0.05) is 42.5 Å². The number of carboxylic acids is 1. The number of fused-ring (bicyclic) bond motifs is 1. The number of aromatic carboxylic acids is 1. The average Bonchev–Trinajstić information content (AvgIpc) is 2.77. The van der Waals surface area contributed by atoms with E-state index in [4.69, 9.17) is 16.4 Å². The molecule has 0 saturated heterocycles. The van der Waals surface area contributed by atoms with Crippen LogP contribution in [0.4, 0.5) is 5.69 Å². The van der Waals surface area contributed by atoms with E-state index in [1.165, 1.54) is 23.7 Å². The van der Waals surface area contributed by atoms with Crippen molar-refractivity contribution >= 4 is 22.4 Å². The number of carboxylic acid groups (broad SMARTS) is 1. The van der Waals surface area contributed by atoms with Gasteiger partial charge in [-0.3, -0.25) is 4.98 Å². The first-order chi connectivity index (χ1) is 14.1. The summed E-state index contributed by atoms with van der Waals surface area (Å²) in [5, 5.41) is 11.5.